The molecule has 3 aliphatic heterocycles. The van der Waals surface area contributed by atoms with Crippen LogP contribution >= 0.6 is 0 Å². The quantitative estimate of drug-likeness (QED) is 0.673. The molecule has 2 atom stereocenters. The van der Waals surface area contributed by atoms with Crippen LogP contribution in [0.1, 0.15) is 60.1 Å². The molecular weight excluding hydrogens is 334 g/mol. The lowest BCUT2D eigenvalue weighted by Gasteiger charge is -2.34. The van der Waals surface area contributed by atoms with Gasteiger partial charge in [-0.3, -0.25) is 19.7 Å². The highest BCUT2D eigenvalue weighted by Crippen LogP contribution is 2.40. The molecule has 3 amide bonds. The highest BCUT2D eigenvalue weighted by molar-refractivity contribution is 6.05. The molecule has 0 bridgehead atoms. The zero-order valence-corrected chi connectivity index (χ0v) is 14.7. The molecule has 3 aliphatic rings. The molecule has 3 heterocycles. The Morgan fingerprint density at radius 3 is 2.62 bits per heavy atom. The smallest absolute Gasteiger partial charge is 0.255 e. The Kier molecular flexibility index (Phi) is 4.08. The van der Waals surface area contributed by atoms with Gasteiger partial charge in [-0.05, 0) is 56.5 Å². The highest BCUT2D eigenvalue weighted by atomic mass is 16.3. The third-order valence-electron chi connectivity index (χ3n) is 5.90. The molecule has 0 radical (unpaired) electrons. The van der Waals surface area contributed by atoms with Crippen LogP contribution in [-0.4, -0.2) is 46.9 Å². The van der Waals surface area contributed by atoms with Crippen LogP contribution in [0.15, 0.2) is 18.2 Å². The Balaban J connectivity index is 1.65. The number of imide groups is 1. The van der Waals surface area contributed by atoms with Gasteiger partial charge in [0.2, 0.25) is 11.8 Å². The summed E-state index contributed by atoms with van der Waals surface area (Å²) in [7, 11) is 0. The molecule has 7 nitrogen and oxygen atoms in total. The fraction of sp³-hybridized carbons (Fsp3) is 0.526. The molecule has 0 spiro atoms. The largest absolute Gasteiger partial charge is 0.385 e. The fourth-order valence-electron chi connectivity index (χ4n) is 4.35. The van der Waals surface area contributed by atoms with E-state index >= 15 is 0 Å². The van der Waals surface area contributed by atoms with E-state index in [1.165, 1.54) is 0 Å². The van der Waals surface area contributed by atoms with E-state index in [1.54, 1.807) is 11.0 Å². The van der Waals surface area contributed by atoms with Crippen molar-refractivity contribution >= 4 is 17.7 Å². The summed E-state index contributed by atoms with van der Waals surface area (Å²) < 4.78 is 0. The van der Waals surface area contributed by atoms with E-state index in [4.69, 9.17) is 0 Å². The molecule has 1 aromatic rings. The average molecular weight is 357 g/mol. The van der Waals surface area contributed by atoms with Gasteiger partial charge in [0, 0.05) is 12.0 Å². The number of rotatable bonds is 2. The number of fused-ring (bicyclic) bond motifs is 1. The lowest BCUT2D eigenvalue weighted by molar-refractivity contribution is -0.137. The zero-order chi connectivity index (χ0) is 18.5. The number of carbonyl (C=O) groups excluding carboxylic acids is 3. The monoisotopic (exact) mass is 357 g/mol. The molecular formula is C19H23N3O4. The maximum atomic E-state index is 12.9. The van der Waals surface area contributed by atoms with E-state index in [0.29, 0.717) is 24.8 Å². The Bertz CT molecular complexity index is 785. The minimum absolute atomic E-state index is 0.189. The SMILES string of the molecule is CC1c2cc(C3(O)CCNCC3)ccc2C(=O)N1[C@H]1CCC(=O)NC1=O. The van der Waals surface area contributed by atoms with Crippen molar-refractivity contribution in [3.63, 3.8) is 0 Å². The minimum atomic E-state index is -0.884. The number of carbonyl (C=O) groups is 3. The molecule has 1 aromatic carbocycles. The van der Waals surface area contributed by atoms with E-state index in [9.17, 15) is 19.5 Å². The summed E-state index contributed by atoms with van der Waals surface area (Å²) in [6, 6.07) is 4.59. The van der Waals surface area contributed by atoms with Crippen molar-refractivity contribution < 1.29 is 19.5 Å². The van der Waals surface area contributed by atoms with Crippen molar-refractivity contribution in [2.75, 3.05) is 13.1 Å². The van der Waals surface area contributed by atoms with Crippen molar-refractivity contribution in [3.05, 3.63) is 34.9 Å². The molecule has 26 heavy (non-hydrogen) atoms. The van der Waals surface area contributed by atoms with Crippen LogP contribution < -0.4 is 10.6 Å². The summed E-state index contributed by atoms with van der Waals surface area (Å²) in [6.07, 6.45) is 1.84. The number of aliphatic hydroxyl groups is 1. The minimum Gasteiger partial charge on any atom is -0.385 e. The summed E-state index contributed by atoms with van der Waals surface area (Å²) in [5.41, 5.74) is 1.35. The van der Waals surface area contributed by atoms with Crippen LogP contribution in [0, 0.1) is 0 Å². The van der Waals surface area contributed by atoms with Crippen molar-refractivity contribution in [1.29, 1.82) is 0 Å². The zero-order valence-electron chi connectivity index (χ0n) is 14.7. The Morgan fingerprint density at radius 1 is 1.19 bits per heavy atom. The molecule has 2 fully saturated rings. The first-order valence-electron chi connectivity index (χ1n) is 9.14. The van der Waals surface area contributed by atoms with Gasteiger partial charge in [-0.15, -0.1) is 0 Å². The molecule has 4 rings (SSSR count). The van der Waals surface area contributed by atoms with Gasteiger partial charge in [-0.25, -0.2) is 0 Å². The van der Waals surface area contributed by atoms with Gasteiger partial charge >= 0.3 is 0 Å². The molecule has 3 N–H and O–H groups in total. The third kappa shape index (κ3) is 2.62. The maximum absolute atomic E-state index is 12.9. The van der Waals surface area contributed by atoms with E-state index < -0.39 is 17.6 Å². The van der Waals surface area contributed by atoms with Crippen molar-refractivity contribution in [3.8, 4) is 0 Å². The Morgan fingerprint density at radius 2 is 1.92 bits per heavy atom. The van der Waals surface area contributed by atoms with Gasteiger partial charge in [0.05, 0.1) is 11.6 Å². The van der Waals surface area contributed by atoms with Crippen molar-refractivity contribution in [1.82, 2.24) is 15.5 Å². The Labute approximate surface area is 151 Å². The van der Waals surface area contributed by atoms with Gasteiger partial charge in [0.15, 0.2) is 0 Å². The first-order valence-corrected chi connectivity index (χ1v) is 9.14. The molecule has 0 aliphatic carbocycles. The summed E-state index contributed by atoms with van der Waals surface area (Å²) in [6.45, 7) is 3.40. The molecule has 2 saturated heterocycles. The van der Waals surface area contributed by atoms with Gasteiger partial charge < -0.3 is 15.3 Å². The number of piperidine rings is 2. The van der Waals surface area contributed by atoms with Gasteiger partial charge in [-0.1, -0.05) is 12.1 Å². The number of nitrogens with one attached hydrogen (secondary N) is 2. The van der Waals surface area contributed by atoms with Crippen LogP contribution in [0.3, 0.4) is 0 Å². The summed E-state index contributed by atoms with van der Waals surface area (Å²) in [4.78, 5) is 38.1. The molecule has 138 valence electrons. The lowest BCUT2D eigenvalue weighted by Crippen LogP contribution is -2.53. The van der Waals surface area contributed by atoms with Crippen molar-refractivity contribution in [2.45, 2.75) is 50.3 Å². The van der Waals surface area contributed by atoms with Crippen LogP contribution in [-0.2, 0) is 15.2 Å². The standard InChI is InChI=1S/C19H23N3O4/c1-11-14-10-12(19(26)6-8-20-9-7-19)2-3-13(14)18(25)22(11)15-4-5-16(23)21-17(15)24/h2-3,10-11,15,20,26H,4-9H2,1H3,(H,21,23,24)/t11?,15-/m0/s1. The van der Waals surface area contributed by atoms with Crippen LogP contribution in [0.25, 0.3) is 0 Å². The Hall–Kier alpha value is -2.25. The van der Waals surface area contributed by atoms with Crippen LogP contribution in [0.2, 0.25) is 0 Å². The topological polar surface area (TPSA) is 98.7 Å². The summed E-state index contributed by atoms with van der Waals surface area (Å²) >= 11 is 0. The number of nitrogens with zero attached hydrogens (tertiary/aromatic N) is 1. The first-order chi connectivity index (χ1) is 12.4. The normalized spacial score (nSPS) is 28.1. The van der Waals surface area contributed by atoms with Gasteiger partial charge in [0.1, 0.15) is 6.04 Å². The summed E-state index contributed by atoms with van der Waals surface area (Å²) in [5, 5.41) is 16.5. The van der Waals surface area contributed by atoms with Gasteiger partial charge in [0.25, 0.3) is 5.91 Å². The van der Waals surface area contributed by atoms with E-state index in [1.807, 2.05) is 19.1 Å². The molecule has 1 unspecified atom stereocenters. The molecule has 0 aromatic heterocycles. The number of hydrogen-bond donors (Lipinski definition) is 3. The van der Waals surface area contributed by atoms with E-state index in [-0.39, 0.29) is 24.3 Å². The van der Waals surface area contributed by atoms with E-state index in [2.05, 4.69) is 10.6 Å². The highest BCUT2D eigenvalue weighted by Gasteiger charge is 2.44. The lowest BCUT2D eigenvalue weighted by atomic mass is 9.83. The predicted molar refractivity (Wildman–Crippen MR) is 93.2 cm³/mol. The number of benzene rings is 1. The van der Waals surface area contributed by atoms with E-state index in [0.717, 1.165) is 24.2 Å². The maximum Gasteiger partial charge on any atom is 0.255 e. The second kappa shape index (κ2) is 6.17. The predicted octanol–water partition coefficient (Wildman–Crippen LogP) is 0.580. The number of amides is 3. The average Bonchev–Trinajstić information content (AvgIpc) is 2.87. The summed E-state index contributed by atoms with van der Waals surface area (Å²) in [5.74, 6) is -0.893. The van der Waals surface area contributed by atoms with Gasteiger partial charge in [-0.2, -0.15) is 0 Å². The van der Waals surface area contributed by atoms with Crippen LogP contribution in [0.5, 0.6) is 0 Å². The van der Waals surface area contributed by atoms with Crippen molar-refractivity contribution in [2.24, 2.45) is 0 Å². The third-order valence-corrected chi connectivity index (χ3v) is 5.90. The molecule has 0 saturated carbocycles. The first kappa shape index (κ1) is 17.2. The molecule has 7 heteroatoms. The second-order valence-electron chi connectivity index (χ2n) is 7.44. The fourth-order valence-corrected chi connectivity index (χ4v) is 4.35. The number of hydrogen-bond acceptors (Lipinski definition) is 5. The van der Waals surface area contributed by atoms with Crippen LogP contribution in [0.4, 0.5) is 0 Å². The second-order valence-corrected chi connectivity index (χ2v) is 7.44.